The molecular formula is C22H18N2O3. The molecular weight excluding hydrogens is 340 g/mol. The fourth-order valence-corrected chi connectivity index (χ4v) is 2.86. The van der Waals surface area contributed by atoms with Crippen LogP contribution in [0.5, 0.6) is 5.88 Å². The first-order valence-corrected chi connectivity index (χ1v) is 8.61. The van der Waals surface area contributed by atoms with Crippen molar-refractivity contribution < 1.29 is 13.9 Å². The standard InChI is InChI=1S/C22H18N2O3/c1-15-8-6-11-19(16(15)2)24-21(27-22(25)20-12-7-13-26-20)14-18(23-24)17-9-4-3-5-10-17/h3-14H,1-2H3. The lowest BCUT2D eigenvalue weighted by Gasteiger charge is -2.11. The van der Waals surface area contributed by atoms with E-state index in [0.29, 0.717) is 5.88 Å². The molecule has 0 atom stereocenters. The van der Waals surface area contributed by atoms with Gasteiger partial charge in [-0.05, 0) is 43.2 Å². The van der Waals surface area contributed by atoms with Crippen LogP contribution in [0.1, 0.15) is 21.7 Å². The summed E-state index contributed by atoms with van der Waals surface area (Å²) in [5.41, 5.74) is 4.72. The van der Waals surface area contributed by atoms with E-state index in [9.17, 15) is 4.79 Å². The molecule has 4 aromatic rings. The van der Waals surface area contributed by atoms with Gasteiger partial charge >= 0.3 is 5.97 Å². The van der Waals surface area contributed by atoms with Crippen LogP contribution in [0.3, 0.4) is 0 Å². The third-order valence-corrected chi connectivity index (χ3v) is 4.47. The molecule has 0 fully saturated rings. The van der Waals surface area contributed by atoms with Gasteiger partial charge in [-0.1, -0.05) is 42.5 Å². The molecule has 2 heterocycles. The summed E-state index contributed by atoms with van der Waals surface area (Å²) in [6.07, 6.45) is 1.44. The molecule has 2 aromatic carbocycles. The number of hydrogen-bond acceptors (Lipinski definition) is 4. The summed E-state index contributed by atoms with van der Waals surface area (Å²) < 4.78 is 12.4. The molecule has 27 heavy (non-hydrogen) atoms. The number of rotatable bonds is 4. The minimum Gasteiger partial charge on any atom is -0.457 e. The second kappa shape index (κ2) is 6.96. The Balaban J connectivity index is 1.81. The quantitative estimate of drug-likeness (QED) is 0.483. The highest BCUT2D eigenvalue weighted by Crippen LogP contribution is 2.29. The van der Waals surface area contributed by atoms with Crippen molar-refractivity contribution in [2.75, 3.05) is 0 Å². The maximum Gasteiger partial charge on any atom is 0.380 e. The van der Waals surface area contributed by atoms with Gasteiger partial charge in [-0.15, -0.1) is 0 Å². The minimum atomic E-state index is -0.564. The zero-order valence-electron chi connectivity index (χ0n) is 15.0. The molecule has 0 saturated carbocycles. The van der Waals surface area contributed by atoms with Crippen LogP contribution in [-0.4, -0.2) is 15.7 Å². The van der Waals surface area contributed by atoms with Crippen molar-refractivity contribution in [2.45, 2.75) is 13.8 Å². The van der Waals surface area contributed by atoms with Gasteiger partial charge in [0.15, 0.2) is 0 Å². The maximum atomic E-state index is 12.4. The summed E-state index contributed by atoms with van der Waals surface area (Å²) in [6, 6.07) is 20.7. The van der Waals surface area contributed by atoms with Crippen LogP contribution in [-0.2, 0) is 0 Å². The number of carbonyl (C=O) groups excluding carboxylic acids is 1. The van der Waals surface area contributed by atoms with Crippen LogP contribution in [0.4, 0.5) is 0 Å². The number of carbonyl (C=O) groups is 1. The Kier molecular flexibility index (Phi) is 4.34. The number of benzene rings is 2. The van der Waals surface area contributed by atoms with Crippen LogP contribution in [0.2, 0.25) is 0 Å². The van der Waals surface area contributed by atoms with E-state index in [1.807, 2.05) is 62.4 Å². The van der Waals surface area contributed by atoms with Gasteiger partial charge in [-0.2, -0.15) is 9.78 Å². The van der Waals surface area contributed by atoms with Crippen LogP contribution >= 0.6 is 0 Å². The third kappa shape index (κ3) is 3.27. The second-order valence-electron chi connectivity index (χ2n) is 6.23. The molecule has 0 aliphatic rings. The van der Waals surface area contributed by atoms with Crippen molar-refractivity contribution in [1.29, 1.82) is 0 Å². The molecule has 0 aliphatic heterocycles. The Morgan fingerprint density at radius 2 is 1.81 bits per heavy atom. The molecule has 2 aromatic heterocycles. The van der Waals surface area contributed by atoms with Crippen LogP contribution < -0.4 is 4.74 Å². The Hall–Kier alpha value is -3.60. The van der Waals surface area contributed by atoms with E-state index in [-0.39, 0.29) is 5.76 Å². The van der Waals surface area contributed by atoms with Gasteiger partial charge < -0.3 is 9.15 Å². The summed E-state index contributed by atoms with van der Waals surface area (Å²) in [7, 11) is 0. The Bertz CT molecular complexity index is 1080. The molecule has 0 amide bonds. The molecule has 0 N–H and O–H groups in total. The third-order valence-electron chi connectivity index (χ3n) is 4.47. The lowest BCUT2D eigenvalue weighted by atomic mass is 10.1. The number of furan rings is 1. The average molecular weight is 358 g/mol. The van der Waals surface area contributed by atoms with Crippen molar-refractivity contribution in [3.63, 3.8) is 0 Å². The average Bonchev–Trinajstić information content (AvgIpc) is 3.35. The van der Waals surface area contributed by atoms with Crippen molar-refractivity contribution in [3.05, 3.63) is 89.9 Å². The molecule has 0 radical (unpaired) electrons. The van der Waals surface area contributed by atoms with Crippen LogP contribution in [0.15, 0.2) is 77.4 Å². The molecule has 4 rings (SSSR count). The summed E-state index contributed by atoms with van der Waals surface area (Å²) in [5, 5.41) is 4.70. The Morgan fingerprint density at radius 1 is 1.00 bits per heavy atom. The number of nitrogens with zero attached hydrogens (tertiary/aromatic N) is 2. The van der Waals surface area contributed by atoms with E-state index >= 15 is 0 Å². The van der Waals surface area contributed by atoms with Crippen LogP contribution in [0, 0.1) is 13.8 Å². The number of aryl methyl sites for hydroxylation is 1. The van der Waals surface area contributed by atoms with E-state index < -0.39 is 5.97 Å². The first-order chi connectivity index (χ1) is 13.1. The van der Waals surface area contributed by atoms with Gasteiger partial charge in [0, 0.05) is 11.6 Å². The molecule has 0 saturated heterocycles. The summed E-state index contributed by atoms with van der Waals surface area (Å²) in [5.74, 6) is -0.0833. The topological polar surface area (TPSA) is 57.3 Å². The number of aromatic nitrogens is 2. The summed E-state index contributed by atoms with van der Waals surface area (Å²) in [6.45, 7) is 4.06. The predicted molar refractivity (Wildman–Crippen MR) is 102 cm³/mol. The maximum absolute atomic E-state index is 12.4. The van der Waals surface area contributed by atoms with Crippen molar-refractivity contribution in [2.24, 2.45) is 0 Å². The second-order valence-corrected chi connectivity index (χ2v) is 6.23. The van der Waals surface area contributed by atoms with Crippen molar-refractivity contribution in [3.8, 4) is 22.8 Å². The summed E-state index contributed by atoms with van der Waals surface area (Å²) in [4.78, 5) is 12.4. The van der Waals surface area contributed by atoms with E-state index in [1.54, 1.807) is 22.9 Å². The molecule has 134 valence electrons. The molecule has 5 nitrogen and oxygen atoms in total. The van der Waals surface area contributed by atoms with E-state index in [4.69, 9.17) is 14.3 Å². The molecule has 0 aliphatic carbocycles. The lowest BCUT2D eigenvalue weighted by molar-refractivity contribution is 0.0689. The van der Waals surface area contributed by atoms with Gasteiger partial charge in [0.1, 0.15) is 0 Å². The number of esters is 1. The zero-order chi connectivity index (χ0) is 18.8. The fourth-order valence-electron chi connectivity index (χ4n) is 2.86. The van der Waals surface area contributed by atoms with E-state index in [2.05, 4.69) is 0 Å². The van der Waals surface area contributed by atoms with Crippen molar-refractivity contribution >= 4 is 5.97 Å². The smallest absolute Gasteiger partial charge is 0.380 e. The van der Waals surface area contributed by atoms with Gasteiger partial charge in [0.05, 0.1) is 17.6 Å². The largest absolute Gasteiger partial charge is 0.457 e. The molecule has 0 spiro atoms. The predicted octanol–water partition coefficient (Wildman–Crippen LogP) is 4.97. The first-order valence-electron chi connectivity index (χ1n) is 8.61. The SMILES string of the molecule is Cc1cccc(-n2nc(-c3ccccc3)cc2OC(=O)c2ccco2)c1C. The van der Waals surface area contributed by atoms with Gasteiger partial charge in [-0.3, -0.25) is 0 Å². The molecule has 0 bridgehead atoms. The Labute approximate surface area is 156 Å². The van der Waals surface area contributed by atoms with Gasteiger partial charge in [-0.25, -0.2) is 4.79 Å². The van der Waals surface area contributed by atoms with Gasteiger partial charge in [0.25, 0.3) is 0 Å². The highest BCUT2D eigenvalue weighted by molar-refractivity contribution is 5.88. The van der Waals surface area contributed by atoms with E-state index in [1.165, 1.54) is 6.26 Å². The normalized spacial score (nSPS) is 10.7. The fraction of sp³-hybridized carbons (Fsp3) is 0.0909. The van der Waals surface area contributed by atoms with E-state index in [0.717, 1.165) is 28.1 Å². The monoisotopic (exact) mass is 358 g/mol. The Morgan fingerprint density at radius 3 is 2.56 bits per heavy atom. The molecule has 0 unspecified atom stereocenters. The highest BCUT2D eigenvalue weighted by atomic mass is 16.6. The lowest BCUT2D eigenvalue weighted by Crippen LogP contribution is -2.11. The van der Waals surface area contributed by atoms with Gasteiger partial charge in [0.2, 0.25) is 11.6 Å². The molecule has 5 heteroatoms. The number of ether oxygens (including phenoxy) is 1. The number of hydrogen-bond donors (Lipinski definition) is 0. The van der Waals surface area contributed by atoms with Crippen LogP contribution in [0.25, 0.3) is 16.9 Å². The minimum absolute atomic E-state index is 0.143. The highest BCUT2D eigenvalue weighted by Gasteiger charge is 2.19. The van der Waals surface area contributed by atoms with Crippen molar-refractivity contribution in [1.82, 2.24) is 9.78 Å². The first kappa shape index (κ1) is 16.8. The zero-order valence-corrected chi connectivity index (χ0v) is 15.0. The summed E-state index contributed by atoms with van der Waals surface area (Å²) >= 11 is 0.